The molecule has 11 heteroatoms. The summed E-state index contributed by atoms with van der Waals surface area (Å²) >= 11 is 0. The SMILES string of the molecule is COC(=O)CNN1CCC(C(=O)N2CCN(C3CCNCC3)CC2)CC1.Cl.Cl.Cl. The molecule has 0 radical (unpaired) electrons. The average Bonchev–Trinajstić information content (AvgIpc) is 2.72. The van der Waals surface area contributed by atoms with Crippen molar-refractivity contribution in [3.8, 4) is 0 Å². The largest absolute Gasteiger partial charge is 0.468 e. The van der Waals surface area contributed by atoms with Crippen molar-refractivity contribution in [3.05, 3.63) is 0 Å². The molecule has 8 nitrogen and oxygen atoms in total. The maximum Gasteiger partial charge on any atom is 0.321 e. The molecule has 3 saturated heterocycles. The van der Waals surface area contributed by atoms with Gasteiger partial charge in [-0.2, -0.15) is 0 Å². The van der Waals surface area contributed by atoms with Gasteiger partial charge in [-0.05, 0) is 38.8 Å². The summed E-state index contributed by atoms with van der Waals surface area (Å²) in [6.45, 7) is 7.76. The van der Waals surface area contributed by atoms with E-state index in [4.69, 9.17) is 0 Å². The van der Waals surface area contributed by atoms with Crippen LogP contribution in [0.4, 0.5) is 0 Å². The van der Waals surface area contributed by atoms with Crippen LogP contribution in [0.2, 0.25) is 0 Å². The molecule has 3 aliphatic rings. The van der Waals surface area contributed by atoms with Gasteiger partial charge in [-0.15, -0.1) is 37.2 Å². The number of amides is 1. The zero-order valence-corrected chi connectivity index (χ0v) is 19.6. The van der Waals surface area contributed by atoms with Crippen LogP contribution in [-0.4, -0.2) is 98.7 Å². The molecule has 3 rings (SSSR count). The number of hydrazine groups is 1. The number of nitrogens with zero attached hydrogens (tertiary/aromatic N) is 3. The van der Waals surface area contributed by atoms with Gasteiger partial charge < -0.3 is 15.0 Å². The van der Waals surface area contributed by atoms with Crippen molar-refractivity contribution >= 4 is 49.1 Å². The second kappa shape index (κ2) is 14.6. The summed E-state index contributed by atoms with van der Waals surface area (Å²) in [6, 6.07) is 0.692. The van der Waals surface area contributed by atoms with Gasteiger partial charge in [-0.25, -0.2) is 10.4 Å². The van der Waals surface area contributed by atoms with Gasteiger partial charge in [-0.1, -0.05) is 0 Å². The number of methoxy groups -OCH3 is 1. The third-order valence-electron chi connectivity index (χ3n) is 5.97. The Labute approximate surface area is 192 Å². The van der Waals surface area contributed by atoms with Crippen molar-refractivity contribution < 1.29 is 14.3 Å². The number of esters is 1. The lowest BCUT2D eigenvalue weighted by atomic mass is 9.95. The zero-order valence-electron chi connectivity index (χ0n) is 17.1. The first kappa shape index (κ1) is 28.6. The summed E-state index contributed by atoms with van der Waals surface area (Å²) in [5.41, 5.74) is 3.08. The summed E-state index contributed by atoms with van der Waals surface area (Å²) < 4.78 is 4.64. The van der Waals surface area contributed by atoms with Crippen LogP contribution in [0.15, 0.2) is 0 Å². The van der Waals surface area contributed by atoms with Gasteiger partial charge in [0.15, 0.2) is 0 Å². The second-order valence-electron chi connectivity index (χ2n) is 7.51. The molecule has 0 unspecified atom stereocenters. The quantitative estimate of drug-likeness (QED) is 0.561. The maximum atomic E-state index is 12.8. The average molecular weight is 477 g/mol. The van der Waals surface area contributed by atoms with Crippen molar-refractivity contribution in [2.75, 3.05) is 66.0 Å². The van der Waals surface area contributed by atoms with Gasteiger partial charge in [0.05, 0.1) is 7.11 Å². The number of piperazine rings is 1. The number of rotatable bonds is 5. The summed E-state index contributed by atoms with van der Waals surface area (Å²) in [5.74, 6) is 0.175. The first-order valence-corrected chi connectivity index (χ1v) is 9.96. The molecule has 29 heavy (non-hydrogen) atoms. The number of hydrogen-bond acceptors (Lipinski definition) is 7. The molecule has 3 aliphatic heterocycles. The summed E-state index contributed by atoms with van der Waals surface area (Å²) in [7, 11) is 1.39. The van der Waals surface area contributed by atoms with Crippen molar-refractivity contribution in [3.63, 3.8) is 0 Å². The molecule has 0 bridgehead atoms. The Morgan fingerprint density at radius 2 is 1.52 bits per heavy atom. The Bertz CT molecular complexity index is 481. The van der Waals surface area contributed by atoms with Crippen LogP contribution in [-0.2, 0) is 14.3 Å². The van der Waals surface area contributed by atoms with E-state index < -0.39 is 0 Å². The zero-order chi connectivity index (χ0) is 18.4. The van der Waals surface area contributed by atoms with Gasteiger partial charge >= 0.3 is 5.97 Å². The molecule has 0 aromatic carbocycles. The fraction of sp³-hybridized carbons (Fsp3) is 0.889. The standard InChI is InChI=1S/C18H33N5O3.3ClH/c1-26-17(24)14-20-23-8-4-15(5-9-23)18(25)22-12-10-21(11-13-22)16-2-6-19-7-3-16;;;/h15-16,19-20H,2-14H2,1H3;3*1H. The topological polar surface area (TPSA) is 77.2 Å². The molecule has 0 aliphatic carbocycles. The minimum Gasteiger partial charge on any atom is -0.468 e. The van der Waals surface area contributed by atoms with Crippen LogP contribution in [0.1, 0.15) is 25.7 Å². The number of piperidine rings is 2. The Balaban J connectivity index is 0.00000261. The van der Waals surface area contributed by atoms with Crippen LogP contribution in [0.3, 0.4) is 0 Å². The molecule has 2 N–H and O–H groups in total. The number of halogens is 3. The second-order valence-corrected chi connectivity index (χ2v) is 7.51. The van der Waals surface area contributed by atoms with E-state index >= 15 is 0 Å². The van der Waals surface area contributed by atoms with E-state index in [2.05, 4.69) is 25.3 Å². The summed E-state index contributed by atoms with van der Waals surface area (Å²) in [4.78, 5) is 28.7. The number of nitrogens with one attached hydrogen (secondary N) is 2. The number of carbonyl (C=O) groups is 2. The molecule has 0 atom stereocenters. The van der Waals surface area contributed by atoms with Crippen LogP contribution < -0.4 is 10.7 Å². The van der Waals surface area contributed by atoms with E-state index in [1.165, 1.54) is 20.0 Å². The van der Waals surface area contributed by atoms with E-state index in [0.29, 0.717) is 11.9 Å². The highest BCUT2D eigenvalue weighted by Crippen LogP contribution is 2.21. The van der Waals surface area contributed by atoms with Gasteiger partial charge in [0.2, 0.25) is 5.91 Å². The molecule has 1 amide bonds. The van der Waals surface area contributed by atoms with Gasteiger partial charge in [0, 0.05) is 51.2 Å². The fourth-order valence-corrected chi connectivity index (χ4v) is 4.27. The van der Waals surface area contributed by atoms with Gasteiger partial charge in [0.25, 0.3) is 0 Å². The molecular weight excluding hydrogens is 441 g/mol. The minimum absolute atomic E-state index is 0. The Morgan fingerprint density at radius 3 is 2.07 bits per heavy atom. The molecule has 172 valence electrons. The Hall–Kier alpha value is -0.350. The number of hydrogen-bond donors (Lipinski definition) is 2. The van der Waals surface area contributed by atoms with Crippen molar-refractivity contribution in [2.45, 2.75) is 31.7 Å². The third kappa shape index (κ3) is 8.36. The Kier molecular flexibility index (Phi) is 14.4. The maximum absolute atomic E-state index is 12.8. The lowest BCUT2D eigenvalue weighted by Gasteiger charge is -2.42. The lowest BCUT2D eigenvalue weighted by molar-refractivity contribution is -0.142. The monoisotopic (exact) mass is 475 g/mol. The third-order valence-corrected chi connectivity index (χ3v) is 5.97. The first-order valence-electron chi connectivity index (χ1n) is 9.96. The highest BCUT2D eigenvalue weighted by Gasteiger charge is 2.32. The molecule has 0 spiro atoms. The van der Waals surface area contributed by atoms with Crippen molar-refractivity contribution in [1.82, 2.24) is 25.6 Å². The van der Waals surface area contributed by atoms with E-state index in [1.54, 1.807) is 0 Å². The highest BCUT2D eigenvalue weighted by molar-refractivity contribution is 5.86. The molecule has 3 fully saturated rings. The Morgan fingerprint density at radius 1 is 0.931 bits per heavy atom. The first-order chi connectivity index (χ1) is 12.7. The van der Waals surface area contributed by atoms with E-state index in [1.807, 2.05) is 5.01 Å². The van der Waals surface area contributed by atoms with Crippen LogP contribution >= 0.6 is 37.2 Å². The molecule has 0 saturated carbocycles. The lowest BCUT2D eigenvalue weighted by Crippen LogP contribution is -2.55. The molecule has 3 heterocycles. The van der Waals surface area contributed by atoms with E-state index in [-0.39, 0.29) is 55.7 Å². The van der Waals surface area contributed by atoms with Crippen LogP contribution in [0, 0.1) is 5.92 Å². The normalized spacial score (nSPS) is 22.0. The minimum atomic E-state index is -0.269. The summed E-state index contributed by atoms with van der Waals surface area (Å²) in [5, 5.41) is 5.44. The fourth-order valence-electron chi connectivity index (χ4n) is 4.27. The predicted molar refractivity (Wildman–Crippen MR) is 120 cm³/mol. The highest BCUT2D eigenvalue weighted by atomic mass is 35.5. The molecular formula is C18H36Cl3N5O3. The summed E-state index contributed by atoms with van der Waals surface area (Å²) in [6.07, 6.45) is 4.15. The number of carbonyl (C=O) groups excluding carboxylic acids is 2. The van der Waals surface area contributed by atoms with E-state index in [9.17, 15) is 9.59 Å². The van der Waals surface area contributed by atoms with Gasteiger partial charge in [0.1, 0.15) is 6.54 Å². The molecule has 0 aromatic rings. The van der Waals surface area contributed by atoms with E-state index in [0.717, 1.165) is 65.2 Å². The van der Waals surface area contributed by atoms with Crippen LogP contribution in [0.5, 0.6) is 0 Å². The predicted octanol–water partition coefficient (Wildman–Crippen LogP) is 0.538. The van der Waals surface area contributed by atoms with Crippen LogP contribution in [0.25, 0.3) is 0 Å². The van der Waals surface area contributed by atoms with Gasteiger partial charge in [-0.3, -0.25) is 14.5 Å². The smallest absolute Gasteiger partial charge is 0.321 e. The van der Waals surface area contributed by atoms with Crippen molar-refractivity contribution in [1.29, 1.82) is 0 Å². The van der Waals surface area contributed by atoms with Crippen molar-refractivity contribution in [2.24, 2.45) is 5.92 Å². The number of ether oxygens (including phenoxy) is 1. The molecule has 0 aromatic heterocycles.